The first-order valence-corrected chi connectivity index (χ1v) is 7.38. The lowest BCUT2D eigenvalue weighted by Crippen LogP contribution is -2.39. The number of thiazole rings is 1. The van der Waals surface area contributed by atoms with Gasteiger partial charge in [-0.3, -0.25) is 4.99 Å². The van der Waals surface area contributed by atoms with Gasteiger partial charge >= 0.3 is 0 Å². The van der Waals surface area contributed by atoms with E-state index in [4.69, 9.17) is 0 Å². The third-order valence-electron chi connectivity index (χ3n) is 3.12. The molecule has 2 N–H and O–H groups in total. The molecule has 0 spiro atoms. The van der Waals surface area contributed by atoms with E-state index in [1.54, 1.807) is 11.3 Å². The van der Waals surface area contributed by atoms with Gasteiger partial charge in [-0.2, -0.15) is 0 Å². The molecule has 1 saturated carbocycles. The molecule has 5 heteroatoms. The van der Waals surface area contributed by atoms with Gasteiger partial charge in [0.05, 0.1) is 10.7 Å². The molecule has 0 unspecified atom stereocenters. The normalized spacial score (nSPS) is 15.8. The summed E-state index contributed by atoms with van der Waals surface area (Å²) in [6.45, 7) is 6.11. The van der Waals surface area contributed by atoms with Crippen LogP contribution in [0.25, 0.3) is 0 Å². The number of nitrogens with zero attached hydrogens (tertiary/aromatic N) is 2. The van der Waals surface area contributed by atoms with Crippen LogP contribution in [0.15, 0.2) is 4.99 Å². The fourth-order valence-corrected chi connectivity index (χ4v) is 2.82. The Morgan fingerprint density at radius 1 is 1.39 bits per heavy atom. The zero-order valence-corrected chi connectivity index (χ0v) is 12.2. The van der Waals surface area contributed by atoms with Crippen LogP contribution in [0.2, 0.25) is 0 Å². The van der Waals surface area contributed by atoms with Crippen LogP contribution >= 0.6 is 11.3 Å². The van der Waals surface area contributed by atoms with E-state index >= 15 is 0 Å². The van der Waals surface area contributed by atoms with Gasteiger partial charge in [-0.25, -0.2) is 4.98 Å². The number of guanidine groups is 1. The minimum absolute atomic E-state index is 0.870. The zero-order chi connectivity index (χ0) is 13.0. The Bertz CT molecular complexity index is 421. The Hall–Kier alpha value is -1.10. The molecule has 1 fully saturated rings. The van der Waals surface area contributed by atoms with Crippen LogP contribution in [-0.4, -0.2) is 31.1 Å². The second-order valence-corrected chi connectivity index (χ2v) is 6.10. The molecule has 0 amide bonds. The Morgan fingerprint density at radius 2 is 2.17 bits per heavy atom. The molecule has 0 aromatic carbocycles. The molecule has 18 heavy (non-hydrogen) atoms. The molecular formula is C13H22N4S. The van der Waals surface area contributed by atoms with Gasteiger partial charge in [0, 0.05) is 31.4 Å². The topological polar surface area (TPSA) is 49.3 Å². The number of rotatable bonds is 5. The van der Waals surface area contributed by atoms with Crippen molar-refractivity contribution < 1.29 is 0 Å². The predicted octanol–water partition coefficient (Wildman–Crippen LogP) is 1.88. The highest BCUT2D eigenvalue weighted by molar-refractivity contribution is 7.11. The van der Waals surface area contributed by atoms with Crippen molar-refractivity contribution in [1.82, 2.24) is 15.6 Å². The Kier molecular flexibility index (Phi) is 4.58. The van der Waals surface area contributed by atoms with Crippen LogP contribution < -0.4 is 10.6 Å². The van der Waals surface area contributed by atoms with E-state index in [0.29, 0.717) is 0 Å². The molecule has 0 radical (unpaired) electrons. The second-order valence-electron chi connectivity index (χ2n) is 4.81. The van der Waals surface area contributed by atoms with E-state index in [0.717, 1.165) is 36.4 Å². The van der Waals surface area contributed by atoms with Gasteiger partial charge in [-0.15, -0.1) is 11.3 Å². The van der Waals surface area contributed by atoms with Crippen molar-refractivity contribution in [2.45, 2.75) is 33.1 Å². The van der Waals surface area contributed by atoms with E-state index in [9.17, 15) is 0 Å². The maximum absolute atomic E-state index is 4.44. The number of hydrogen-bond acceptors (Lipinski definition) is 3. The number of hydrogen-bond donors (Lipinski definition) is 2. The van der Waals surface area contributed by atoms with Crippen LogP contribution in [-0.2, 0) is 6.42 Å². The Labute approximate surface area is 113 Å². The molecule has 4 nitrogen and oxygen atoms in total. The number of aryl methyl sites for hydroxylation is 2. The van der Waals surface area contributed by atoms with Crippen molar-refractivity contribution in [3.8, 4) is 0 Å². The summed E-state index contributed by atoms with van der Waals surface area (Å²) in [4.78, 5) is 10.0. The van der Waals surface area contributed by atoms with E-state index in [2.05, 4.69) is 34.5 Å². The first kappa shape index (κ1) is 13.3. The lowest BCUT2D eigenvalue weighted by Gasteiger charge is -2.10. The first-order chi connectivity index (χ1) is 8.69. The Balaban J connectivity index is 1.71. The lowest BCUT2D eigenvalue weighted by atomic mass is 10.3. The molecule has 1 heterocycles. The highest BCUT2D eigenvalue weighted by atomic mass is 32.1. The van der Waals surface area contributed by atoms with Crippen molar-refractivity contribution in [2.24, 2.45) is 10.9 Å². The highest BCUT2D eigenvalue weighted by Crippen LogP contribution is 2.27. The Morgan fingerprint density at radius 3 is 2.72 bits per heavy atom. The molecule has 0 bridgehead atoms. The van der Waals surface area contributed by atoms with Gasteiger partial charge in [0.2, 0.25) is 0 Å². The molecule has 1 aliphatic carbocycles. The van der Waals surface area contributed by atoms with Crippen molar-refractivity contribution in [3.63, 3.8) is 0 Å². The molecule has 0 aliphatic heterocycles. The summed E-state index contributed by atoms with van der Waals surface area (Å²) in [5.41, 5.74) is 1.17. The van der Waals surface area contributed by atoms with Crippen molar-refractivity contribution in [3.05, 3.63) is 15.6 Å². The van der Waals surface area contributed by atoms with Crippen LogP contribution in [0, 0.1) is 19.8 Å². The smallest absolute Gasteiger partial charge is 0.190 e. The van der Waals surface area contributed by atoms with Gasteiger partial charge in [0.25, 0.3) is 0 Å². The molecule has 100 valence electrons. The maximum Gasteiger partial charge on any atom is 0.190 e. The minimum atomic E-state index is 0.870. The molecule has 0 saturated heterocycles. The van der Waals surface area contributed by atoms with Gasteiger partial charge in [0.1, 0.15) is 0 Å². The lowest BCUT2D eigenvalue weighted by molar-refractivity contribution is 0.735. The summed E-state index contributed by atoms with van der Waals surface area (Å²) in [5, 5.41) is 7.87. The largest absolute Gasteiger partial charge is 0.356 e. The van der Waals surface area contributed by atoms with E-state index in [1.807, 2.05) is 7.05 Å². The average molecular weight is 266 g/mol. The number of aliphatic imine (C=N–C) groups is 1. The average Bonchev–Trinajstić information content (AvgIpc) is 3.10. The summed E-state index contributed by atoms with van der Waals surface area (Å²) in [6, 6.07) is 0. The predicted molar refractivity (Wildman–Crippen MR) is 77.4 cm³/mol. The number of nitrogens with one attached hydrogen (secondary N) is 2. The third-order valence-corrected chi connectivity index (χ3v) is 4.26. The van der Waals surface area contributed by atoms with E-state index < -0.39 is 0 Å². The van der Waals surface area contributed by atoms with Crippen LogP contribution in [0.1, 0.15) is 28.4 Å². The van der Waals surface area contributed by atoms with Gasteiger partial charge in [-0.1, -0.05) is 0 Å². The SMILES string of the molecule is CN=C(NCCc1sc(C)nc1C)NCC1CC1. The van der Waals surface area contributed by atoms with Crippen molar-refractivity contribution in [1.29, 1.82) is 0 Å². The molecule has 2 rings (SSSR count). The summed E-state index contributed by atoms with van der Waals surface area (Å²) < 4.78 is 0. The quantitative estimate of drug-likeness (QED) is 0.632. The van der Waals surface area contributed by atoms with Gasteiger partial charge in [-0.05, 0) is 32.6 Å². The van der Waals surface area contributed by atoms with Crippen LogP contribution in [0.3, 0.4) is 0 Å². The van der Waals surface area contributed by atoms with Crippen LogP contribution in [0.5, 0.6) is 0 Å². The highest BCUT2D eigenvalue weighted by Gasteiger charge is 2.20. The van der Waals surface area contributed by atoms with Gasteiger partial charge in [0.15, 0.2) is 5.96 Å². The first-order valence-electron chi connectivity index (χ1n) is 6.56. The minimum Gasteiger partial charge on any atom is -0.356 e. The standard InChI is InChI=1S/C13H22N4S/c1-9-12(18-10(2)17-9)6-7-15-13(14-3)16-8-11-4-5-11/h11H,4-8H2,1-3H3,(H2,14,15,16). The summed E-state index contributed by atoms with van der Waals surface area (Å²) in [5.74, 6) is 1.79. The molecule has 1 aliphatic rings. The van der Waals surface area contributed by atoms with E-state index in [1.165, 1.54) is 23.4 Å². The maximum atomic E-state index is 4.44. The van der Waals surface area contributed by atoms with Crippen LogP contribution in [0.4, 0.5) is 0 Å². The fourth-order valence-electron chi connectivity index (χ4n) is 1.88. The molecule has 0 atom stereocenters. The summed E-state index contributed by atoms with van der Waals surface area (Å²) in [6.07, 6.45) is 3.74. The summed E-state index contributed by atoms with van der Waals surface area (Å²) in [7, 11) is 1.82. The zero-order valence-electron chi connectivity index (χ0n) is 11.4. The monoisotopic (exact) mass is 266 g/mol. The molecule has 1 aromatic heterocycles. The van der Waals surface area contributed by atoms with Crippen molar-refractivity contribution in [2.75, 3.05) is 20.1 Å². The second kappa shape index (κ2) is 6.18. The number of aromatic nitrogens is 1. The fraction of sp³-hybridized carbons (Fsp3) is 0.692. The third kappa shape index (κ3) is 3.98. The van der Waals surface area contributed by atoms with Crippen molar-refractivity contribution >= 4 is 17.3 Å². The summed E-state index contributed by atoms with van der Waals surface area (Å²) >= 11 is 1.79. The molecule has 1 aromatic rings. The molecular weight excluding hydrogens is 244 g/mol. The van der Waals surface area contributed by atoms with Gasteiger partial charge < -0.3 is 10.6 Å². The van der Waals surface area contributed by atoms with E-state index in [-0.39, 0.29) is 0 Å².